The van der Waals surface area contributed by atoms with Gasteiger partial charge in [-0.1, -0.05) is 11.6 Å². The van der Waals surface area contributed by atoms with Crippen molar-refractivity contribution < 1.29 is 65.4 Å². The normalized spacial score (nSPS) is 10.0. The second-order valence-corrected chi connectivity index (χ2v) is 2.84. The third-order valence-corrected chi connectivity index (χ3v) is 1.61. The Morgan fingerprint density at radius 3 is 2.25 bits per heavy atom. The van der Waals surface area contributed by atoms with Gasteiger partial charge in [0.05, 0.1) is 0 Å². The number of hydrogen-bond donors (Lipinski definition) is 0. The predicted molar refractivity (Wildman–Crippen MR) is 39.7 cm³/mol. The molecule has 1 rings (SSSR count). The Bertz CT molecular complexity index is 264. The van der Waals surface area contributed by atoms with Gasteiger partial charge in [-0.25, -0.2) is 0 Å². The van der Waals surface area contributed by atoms with Crippen LogP contribution in [0.1, 0.15) is 0 Å². The Balaban J connectivity index is 0.00000121. The van der Waals surface area contributed by atoms with Gasteiger partial charge < -0.3 is 4.89 Å². The first-order valence-electron chi connectivity index (χ1n) is 2.76. The minimum absolute atomic E-state index is 0. The van der Waals surface area contributed by atoms with Crippen LogP contribution in [0, 0.1) is 0 Å². The molecule has 0 N–H and O–H groups in total. The summed E-state index contributed by atoms with van der Waals surface area (Å²) in [6.07, 6.45) is 0. The molecule has 0 bridgehead atoms. The molecular weight excluding hydrogens is 226 g/mol. The predicted octanol–water partition coefficient (Wildman–Crippen LogP) is -1.26. The van der Waals surface area contributed by atoms with E-state index in [2.05, 4.69) is 4.52 Å². The molecule has 0 amide bonds. The molecule has 58 valence electrons. The molecule has 0 aliphatic rings. The summed E-state index contributed by atoms with van der Waals surface area (Å²) >= 11 is 5.54. The summed E-state index contributed by atoms with van der Waals surface area (Å²) in [5, 5.41) is 0.540. The van der Waals surface area contributed by atoms with Gasteiger partial charge in [0.15, 0.2) is 5.75 Å². The molecule has 0 heterocycles. The van der Waals surface area contributed by atoms with Gasteiger partial charge in [-0.15, -0.1) is 0 Å². The first-order valence-corrected chi connectivity index (χ1v) is 4.24. The molecule has 0 saturated carbocycles. The Morgan fingerprint density at radius 2 is 1.83 bits per heavy atom. The summed E-state index contributed by atoms with van der Waals surface area (Å²) in [6, 6.07) is 6.06. The number of benzene rings is 1. The molecule has 1 aromatic rings. The molecule has 1 unspecified atom stereocenters. The van der Waals surface area contributed by atoms with Crippen LogP contribution in [0.25, 0.3) is 0 Å². The van der Waals surface area contributed by atoms with E-state index in [0.29, 0.717) is 5.02 Å². The van der Waals surface area contributed by atoms with Crippen molar-refractivity contribution in [1.29, 1.82) is 0 Å². The smallest absolute Gasteiger partial charge is 0.558 e. The van der Waals surface area contributed by atoms with Crippen LogP contribution in [-0.4, -0.2) is 0 Å². The number of hydrogen-bond acceptors (Lipinski definition) is 3. The minimum atomic E-state index is -2.83. The maximum absolute atomic E-state index is 10.0. The molecule has 0 radical (unpaired) electrons. The van der Waals surface area contributed by atoms with Crippen molar-refractivity contribution in [3.05, 3.63) is 29.3 Å². The van der Waals surface area contributed by atoms with E-state index in [9.17, 15) is 9.46 Å². The van der Waals surface area contributed by atoms with E-state index in [0.717, 1.165) is 0 Å². The summed E-state index contributed by atoms with van der Waals surface area (Å²) in [5.41, 5.74) is 0. The monoisotopic (exact) mass is 229 g/mol. The first kappa shape index (κ1) is 13.0. The van der Waals surface area contributed by atoms with Crippen LogP contribution in [0.2, 0.25) is 5.02 Å². The maximum atomic E-state index is 10.0. The number of rotatable bonds is 2. The van der Waals surface area contributed by atoms with Crippen LogP contribution in [0.4, 0.5) is 0 Å². The van der Waals surface area contributed by atoms with Crippen molar-refractivity contribution in [2.45, 2.75) is 0 Å². The van der Waals surface area contributed by atoms with E-state index in [1.807, 2.05) is 0 Å². The molecule has 12 heavy (non-hydrogen) atoms. The van der Waals surface area contributed by atoms with Crippen LogP contribution in [-0.2, 0) is 4.57 Å². The van der Waals surface area contributed by atoms with Gasteiger partial charge in [0.2, 0.25) is 0 Å². The van der Waals surface area contributed by atoms with E-state index in [1.165, 1.54) is 12.1 Å². The second kappa shape index (κ2) is 6.46. The van der Waals surface area contributed by atoms with E-state index >= 15 is 0 Å². The van der Waals surface area contributed by atoms with E-state index in [-0.39, 0.29) is 57.1 Å². The zero-order chi connectivity index (χ0) is 8.27. The van der Waals surface area contributed by atoms with Gasteiger partial charge in [-0.3, -0.25) is 4.52 Å². The fourth-order valence-electron chi connectivity index (χ4n) is 0.582. The van der Waals surface area contributed by atoms with Crippen molar-refractivity contribution in [3.63, 3.8) is 0 Å². The standard InChI is InChI=1S/C6H4ClO3P.K/c7-5-1-3-6(4-2-5)10-11(8)9;/h1-4H;/q;+1. The quantitative estimate of drug-likeness (QED) is 0.470. The summed E-state index contributed by atoms with van der Waals surface area (Å²) in [6.45, 7) is 0. The molecule has 1 aromatic carbocycles. The Kier molecular flexibility index (Phi) is 7.00. The zero-order valence-corrected chi connectivity index (χ0v) is 11.1. The third kappa shape index (κ3) is 4.89. The molecule has 0 aliphatic heterocycles. The summed E-state index contributed by atoms with van der Waals surface area (Å²) in [5.74, 6) is 0.269. The molecule has 0 saturated heterocycles. The Hall–Kier alpha value is 1.01. The van der Waals surface area contributed by atoms with Gasteiger partial charge in [-0.2, -0.15) is 0 Å². The van der Waals surface area contributed by atoms with Crippen molar-refractivity contribution in [2.24, 2.45) is 0 Å². The van der Waals surface area contributed by atoms with Crippen LogP contribution >= 0.6 is 19.9 Å². The SMILES string of the molecule is O=[P+]([O-])Oc1ccc(Cl)cc1.[K+]. The minimum Gasteiger partial charge on any atom is -0.558 e. The van der Waals surface area contributed by atoms with Gasteiger partial charge in [0.25, 0.3) is 0 Å². The van der Waals surface area contributed by atoms with Gasteiger partial charge in [0.1, 0.15) is 0 Å². The summed E-state index contributed by atoms with van der Waals surface area (Å²) < 4.78 is 14.4. The fraction of sp³-hybridized carbons (Fsp3) is 0. The maximum Gasteiger partial charge on any atom is 1.00 e. The van der Waals surface area contributed by atoms with Crippen molar-refractivity contribution in [1.82, 2.24) is 0 Å². The molecule has 1 atom stereocenters. The van der Waals surface area contributed by atoms with Gasteiger partial charge in [0, 0.05) is 5.02 Å². The average Bonchev–Trinajstić information content (AvgIpc) is 1.93. The van der Waals surface area contributed by atoms with Crippen molar-refractivity contribution >= 4 is 19.9 Å². The average molecular weight is 230 g/mol. The van der Waals surface area contributed by atoms with E-state index in [1.54, 1.807) is 12.1 Å². The van der Waals surface area contributed by atoms with Crippen LogP contribution in [0.3, 0.4) is 0 Å². The second-order valence-electron chi connectivity index (χ2n) is 1.77. The Labute approximate surface area is 118 Å². The molecule has 3 nitrogen and oxygen atoms in total. The number of halogens is 1. The van der Waals surface area contributed by atoms with Crippen LogP contribution in [0.15, 0.2) is 24.3 Å². The molecular formula is C6H4ClKO3P+. The molecule has 6 heteroatoms. The first-order chi connectivity index (χ1) is 5.18. The van der Waals surface area contributed by atoms with Crippen LogP contribution in [0.5, 0.6) is 5.75 Å². The van der Waals surface area contributed by atoms with Crippen LogP contribution < -0.4 is 60.8 Å². The van der Waals surface area contributed by atoms with Gasteiger partial charge >= 0.3 is 59.6 Å². The zero-order valence-electron chi connectivity index (χ0n) is 6.36. The Morgan fingerprint density at radius 1 is 1.33 bits per heavy atom. The summed E-state index contributed by atoms with van der Waals surface area (Å²) in [4.78, 5) is 10.0. The molecule has 0 aromatic heterocycles. The van der Waals surface area contributed by atoms with Crippen molar-refractivity contribution in [2.75, 3.05) is 0 Å². The third-order valence-electron chi connectivity index (χ3n) is 0.994. The van der Waals surface area contributed by atoms with Gasteiger partial charge in [-0.05, 0) is 28.8 Å². The molecule has 0 spiro atoms. The molecule has 0 aliphatic carbocycles. The van der Waals surface area contributed by atoms with E-state index in [4.69, 9.17) is 11.6 Å². The largest absolute Gasteiger partial charge is 1.00 e. The summed E-state index contributed by atoms with van der Waals surface area (Å²) in [7, 11) is -2.83. The van der Waals surface area contributed by atoms with E-state index < -0.39 is 8.25 Å². The topological polar surface area (TPSA) is 49.4 Å². The van der Waals surface area contributed by atoms with Crippen molar-refractivity contribution in [3.8, 4) is 5.75 Å². The fourth-order valence-corrected chi connectivity index (χ4v) is 1.00. The molecule has 0 fully saturated rings.